The van der Waals surface area contributed by atoms with E-state index in [1.807, 2.05) is 37.3 Å². The van der Waals surface area contributed by atoms with E-state index in [-0.39, 0.29) is 24.5 Å². The number of hydrogen-bond donors (Lipinski definition) is 5. The van der Waals surface area contributed by atoms with Crippen molar-refractivity contribution in [3.05, 3.63) is 48.0 Å². The first-order valence-corrected chi connectivity index (χ1v) is 13.8. The smallest absolute Gasteiger partial charge is 0.227 e. The van der Waals surface area contributed by atoms with E-state index in [1.165, 1.54) is 11.1 Å². The molecular weight excluding hydrogens is 516 g/mol. The molecule has 1 aliphatic carbocycles. The topological polar surface area (TPSA) is 181 Å². The molecule has 0 amide bonds. The normalized spacial score (nSPS) is 24.1. The second-order valence-electron chi connectivity index (χ2n) is 10.3. The minimum Gasteiger partial charge on any atom is -0.394 e. The highest BCUT2D eigenvalue weighted by molar-refractivity contribution is 5.84. The fraction of sp³-hybridized carbons (Fsp3) is 0.538. The Balaban J connectivity index is 1.33. The van der Waals surface area contributed by atoms with E-state index in [0.29, 0.717) is 35.9 Å². The number of imidazole rings is 1. The average Bonchev–Trinajstić information content (AvgIpc) is 3.78. The molecule has 4 aromatic rings. The summed E-state index contributed by atoms with van der Waals surface area (Å²) in [6.45, 7) is 2.26. The van der Waals surface area contributed by atoms with Crippen molar-refractivity contribution in [2.75, 3.05) is 17.2 Å². The number of fused-ring (bicyclic) bond motifs is 1. The van der Waals surface area contributed by atoms with Gasteiger partial charge in [0.15, 0.2) is 29.3 Å². The fourth-order valence-corrected chi connectivity index (χ4v) is 5.38. The summed E-state index contributed by atoms with van der Waals surface area (Å²) in [5, 5.41) is 50.9. The maximum atomic E-state index is 11.0. The molecular formula is C26H34N10O4. The molecule has 4 heterocycles. The highest BCUT2D eigenvalue weighted by Gasteiger charge is 2.47. The van der Waals surface area contributed by atoms with Gasteiger partial charge in [-0.05, 0) is 37.0 Å². The van der Waals surface area contributed by atoms with Crippen LogP contribution in [0.3, 0.4) is 0 Å². The lowest BCUT2D eigenvalue weighted by molar-refractivity contribution is -0.0384. The zero-order chi connectivity index (χ0) is 27.6. The number of nitrogens with one attached hydrogen (secondary N) is 2. The van der Waals surface area contributed by atoms with Crippen molar-refractivity contribution in [3.63, 3.8) is 0 Å². The van der Waals surface area contributed by atoms with E-state index in [9.17, 15) is 15.3 Å². The molecule has 0 bridgehead atoms. The number of nitrogens with zero attached hydrogens (tertiary/aromatic N) is 8. The number of aromatic nitrogens is 8. The van der Waals surface area contributed by atoms with Crippen LogP contribution in [0.5, 0.6) is 0 Å². The zero-order valence-corrected chi connectivity index (χ0v) is 22.2. The van der Waals surface area contributed by atoms with Gasteiger partial charge in [-0.1, -0.05) is 43.2 Å². The number of hydrogen-bond acceptors (Lipinski definition) is 12. The van der Waals surface area contributed by atoms with Crippen molar-refractivity contribution >= 4 is 22.9 Å². The van der Waals surface area contributed by atoms with E-state index >= 15 is 0 Å². The summed E-state index contributed by atoms with van der Waals surface area (Å²) in [6, 6.07) is 9.81. The predicted molar refractivity (Wildman–Crippen MR) is 144 cm³/mol. The average molecular weight is 551 g/mol. The van der Waals surface area contributed by atoms with Gasteiger partial charge in [0.1, 0.15) is 12.2 Å². The molecule has 1 saturated carbocycles. The second-order valence-corrected chi connectivity index (χ2v) is 10.3. The van der Waals surface area contributed by atoms with E-state index in [4.69, 9.17) is 14.7 Å². The summed E-state index contributed by atoms with van der Waals surface area (Å²) >= 11 is 0. The molecule has 0 spiro atoms. The molecule has 3 aromatic heterocycles. The van der Waals surface area contributed by atoms with E-state index < -0.39 is 24.5 Å². The molecule has 40 heavy (non-hydrogen) atoms. The molecule has 212 valence electrons. The second kappa shape index (κ2) is 11.4. The van der Waals surface area contributed by atoms with Crippen LogP contribution < -0.4 is 10.6 Å². The Morgan fingerprint density at radius 3 is 2.62 bits per heavy atom. The lowest BCUT2D eigenvalue weighted by Crippen LogP contribution is -2.29. The van der Waals surface area contributed by atoms with Crippen molar-refractivity contribution in [1.82, 2.24) is 39.7 Å². The van der Waals surface area contributed by atoms with Crippen molar-refractivity contribution in [2.45, 2.75) is 82.2 Å². The Kier molecular flexibility index (Phi) is 7.56. The third-order valence-corrected chi connectivity index (χ3v) is 7.51. The summed E-state index contributed by atoms with van der Waals surface area (Å²) in [5.74, 6) is 1.06. The molecule has 0 unspecified atom stereocenters. The number of ether oxygens (including phenoxy) is 1. The van der Waals surface area contributed by atoms with E-state index in [1.54, 1.807) is 4.57 Å². The minimum absolute atomic E-state index is 0.120. The van der Waals surface area contributed by atoms with Crippen LogP contribution in [-0.4, -0.2) is 85.9 Å². The Bertz CT molecular complexity index is 1420. The van der Waals surface area contributed by atoms with Crippen molar-refractivity contribution in [3.8, 4) is 0 Å². The van der Waals surface area contributed by atoms with Gasteiger partial charge in [0, 0.05) is 6.04 Å². The number of aliphatic hydroxyl groups is 3. The van der Waals surface area contributed by atoms with Gasteiger partial charge in [-0.15, -0.1) is 10.2 Å². The van der Waals surface area contributed by atoms with Gasteiger partial charge in [-0.2, -0.15) is 14.8 Å². The van der Waals surface area contributed by atoms with Crippen LogP contribution in [-0.2, 0) is 17.7 Å². The third kappa shape index (κ3) is 5.22. The minimum atomic E-state index is -1.29. The lowest BCUT2D eigenvalue weighted by Gasteiger charge is -2.20. The number of rotatable bonds is 10. The Hall–Kier alpha value is -3.72. The number of aliphatic hydroxyl groups excluding tert-OH is 3. The standard InChI is InChI=1S/C26H34N10O4/c1-2-36-33-23(32-34-36)21-19(38)20(39)25(40-21)35-14-27-18-22(28-16-10-6-7-11-16)30-26(31-24(18)35)29-17(13-37)12-15-8-4-3-5-9-15/h3-5,8-9,14,16-17,19-21,25,37-39H,2,6-7,10-13H2,1H3,(H2,28,29,30,31)/t17-,19-,20+,21-,25+/m0/s1. The molecule has 5 atom stereocenters. The largest absolute Gasteiger partial charge is 0.394 e. The number of anilines is 2. The molecule has 14 heteroatoms. The maximum absolute atomic E-state index is 11.0. The highest BCUT2D eigenvalue weighted by atomic mass is 16.6. The molecule has 1 aliphatic heterocycles. The van der Waals surface area contributed by atoms with Gasteiger partial charge in [-0.3, -0.25) is 4.57 Å². The maximum Gasteiger partial charge on any atom is 0.227 e. The van der Waals surface area contributed by atoms with Crippen molar-refractivity contribution in [2.24, 2.45) is 0 Å². The number of tetrazole rings is 1. The van der Waals surface area contributed by atoms with Gasteiger partial charge in [-0.25, -0.2) is 4.98 Å². The molecule has 1 saturated heterocycles. The first-order valence-electron chi connectivity index (χ1n) is 13.8. The Morgan fingerprint density at radius 1 is 1.10 bits per heavy atom. The van der Waals surface area contributed by atoms with Gasteiger partial charge in [0.2, 0.25) is 11.8 Å². The van der Waals surface area contributed by atoms with Crippen LogP contribution in [0.1, 0.15) is 56.3 Å². The molecule has 2 fully saturated rings. The van der Waals surface area contributed by atoms with Gasteiger partial charge < -0.3 is 30.7 Å². The molecule has 1 aromatic carbocycles. The van der Waals surface area contributed by atoms with Crippen LogP contribution in [0, 0.1) is 0 Å². The fourth-order valence-electron chi connectivity index (χ4n) is 5.38. The van der Waals surface area contributed by atoms with Gasteiger partial charge in [0.25, 0.3) is 0 Å². The molecule has 0 radical (unpaired) electrons. The summed E-state index contributed by atoms with van der Waals surface area (Å²) in [7, 11) is 0. The van der Waals surface area contributed by atoms with Crippen LogP contribution in [0.2, 0.25) is 0 Å². The first-order chi connectivity index (χ1) is 19.5. The van der Waals surface area contributed by atoms with Crippen LogP contribution in [0.25, 0.3) is 11.2 Å². The monoisotopic (exact) mass is 550 g/mol. The molecule has 5 N–H and O–H groups in total. The molecule has 14 nitrogen and oxygen atoms in total. The third-order valence-electron chi connectivity index (χ3n) is 7.51. The predicted octanol–water partition coefficient (Wildman–Crippen LogP) is 1.19. The van der Waals surface area contributed by atoms with Gasteiger partial charge in [0.05, 0.1) is 25.5 Å². The highest BCUT2D eigenvalue weighted by Crippen LogP contribution is 2.39. The van der Waals surface area contributed by atoms with E-state index in [2.05, 4.69) is 31.0 Å². The SMILES string of the molecule is CCn1nnc([C@H]2O[C@@H](n3cnc4c(NC5CCCC5)nc(N[C@H](CO)Cc5ccccc5)nc43)[C@H](O)[C@@H]2O)n1. The quantitative estimate of drug-likeness (QED) is 0.191. The van der Waals surface area contributed by atoms with Crippen LogP contribution in [0.4, 0.5) is 11.8 Å². The summed E-state index contributed by atoms with van der Waals surface area (Å²) in [4.78, 5) is 15.4. The zero-order valence-electron chi connectivity index (χ0n) is 22.2. The number of benzene rings is 1. The summed E-state index contributed by atoms with van der Waals surface area (Å²) < 4.78 is 7.67. The van der Waals surface area contributed by atoms with Crippen LogP contribution in [0.15, 0.2) is 36.7 Å². The van der Waals surface area contributed by atoms with Gasteiger partial charge >= 0.3 is 0 Å². The van der Waals surface area contributed by atoms with Crippen LogP contribution >= 0.6 is 0 Å². The molecule has 6 rings (SSSR count). The summed E-state index contributed by atoms with van der Waals surface area (Å²) in [6.07, 6.45) is 1.91. The van der Waals surface area contributed by atoms with Crippen molar-refractivity contribution in [1.29, 1.82) is 0 Å². The van der Waals surface area contributed by atoms with Crippen molar-refractivity contribution < 1.29 is 20.1 Å². The Morgan fingerprint density at radius 2 is 1.90 bits per heavy atom. The lowest BCUT2D eigenvalue weighted by atomic mass is 10.1. The number of aryl methyl sites for hydroxylation is 1. The van der Waals surface area contributed by atoms with E-state index in [0.717, 1.165) is 31.2 Å². The molecule has 2 aliphatic rings. The first kappa shape index (κ1) is 26.5. The summed E-state index contributed by atoms with van der Waals surface area (Å²) in [5.41, 5.74) is 2.00. The Labute approximate surface area is 230 Å².